The van der Waals surface area contributed by atoms with Gasteiger partial charge in [0.15, 0.2) is 0 Å². The maximum atomic E-state index is 12.0. The van der Waals surface area contributed by atoms with Crippen LogP contribution in [0.1, 0.15) is 23.2 Å². The highest BCUT2D eigenvalue weighted by atomic mass is 127. The molecule has 0 saturated carbocycles. The van der Waals surface area contributed by atoms with Crippen LogP contribution < -0.4 is 5.32 Å². The van der Waals surface area contributed by atoms with Crippen LogP contribution in [0.4, 0.5) is 0 Å². The number of hydrogen-bond acceptors (Lipinski definition) is 3. The summed E-state index contributed by atoms with van der Waals surface area (Å²) in [7, 11) is -0.730. The SMILES string of the molecule is O=C(NC1CCS(=O)CC1)c1cc(I)ccc1O. The third-order valence-electron chi connectivity index (χ3n) is 2.93. The highest BCUT2D eigenvalue weighted by molar-refractivity contribution is 14.1. The van der Waals surface area contributed by atoms with Crippen molar-refractivity contribution in [3.63, 3.8) is 0 Å². The molecule has 1 heterocycles. The zero-order valence-electron chi connectivity index (χ0n) is 9.69. The number of hydrogen-bond donors (Lipinski definition) is 2. The molecule has 98 valence electrons. The Morgan fingerprint density at radius 3 is 2.72 bits per heavy atom. The third-order valence-corrected chi connectivity index (χ3v) is 4.98. The second kappa shape index (κ2) is 6.01. The van der Waals surface area contributed by atoms with Crippen molar-refractivity contribution < 1.29 is 14.1 Å². The number of phenolic OH excluding ortho intramolecular Hbond substituents is 1. The first-order valence-corrected chi connectivity index (χ1v) is 8.27. The normalized spacial score (nSPS) is 23.6. The van der Waals surface area contributed by atoms with Gasteiger partial charge in [-0.1, -0.05) is 0 Å². The summed E-state index contributed by atoms with van der Waals surface area (Å²) in [6, 6.07) is 4.99. The lowest BCUT2D eigenvalue weighted by molar-refractivity contribution is 0.0932. The Morgan fingerprint density at radius 2 is 2.06 bits per heavy atom. The van der Waals surface area contributed by atoms with Crippen molar-refractivity contribution in [2.24, 2.45) is 0 Å². The van der Waals surface area contributed by atoms with Gasteiger partial charge in [0, 0.05) is 31.9 Å². The van der Waals surface area contributed by atoms with E-state index in [-0.39, 0.29) is 17.7 Å². The molecule has 1 amide bonds. The Balaban J connectivity index is 2.03. The van der Waals surface area contributed by atoms with Crippen molar-refractivity contribution in [2.45, 2.75) is 18.9 Å². The fourth-order valence-corrected chi connectivity index (χ4v) is 3.68. The molecule has 0 bridgehead atoms. The van der Waals surface area contributed by atoms with Gasteiger partial charge >= 0.3 is 0 Å². The lowest BCUT2D eigenvalue weighted by Gasteiger charge is -2.22. The molecule has 1 aliphatic heterocycles. The van der Waals surface area contributed by atoms with Crippen LogP contribution in [0.2, 0.25) is 0 Å². The second-order valence-corrected chi connectivity index (χ2v) is 7.20. The van der Waals surface area contributed by atoms with E-state index in [0.29, 0.717) is 17.1 Å². The fraction of sp³-hybridized carbons (Fsp3) is 0.417. The van der Waals surface area contributed by atoms with Crippen molar-refractivity contribution in [2.75, 3.05) is 11.5 Å². The number of amides is 1. The summed E-state index contributed by atoms with van der Waals surface area (Å²) in [5.74, 6) is 1.02. The number of rotatable bonds is 2. The lowest BCUT2D eigenvalue weighted by atomic mass is 10.1. The molecule has 1 aromatic carbocycles. The zero-order valence-corrected chi connectivity index (χ0v) is 12.7. The minimum absolute atomic E-state index is 0.00713. The molecule has 1 fully saturated rings. The Kier molecular flexibility index (Phi) is 4.60. The first-order chi connectivity index (χ1) is 8.56. The molecule has 2 rings (SSSR count). The molecule has 0 atom stereocenters. The summed E-state index contributed by atoms with van der Waals surface area (Å²) in [4.78, 5) is 12.0. The molecular formula is C12H14INO3S. The van der Waals surface area contributed by atoms with Crippen LogP contribution in [0.5, 0.6) is 5.75 Å². The van der Waals surface area contributed by atoms with E-state index >= 15 is 0 Å². The van der Waals surface area contributed by atoms with Crippen molar-refractivity contribution >= 4 is 39.3 Å². The van der Waals surface area contributed by atoms with E-state index in [9.17, 15) is 14.1 Å². The maximum absolute atomic E-state index is 12.0. The van der Waals surface area contributed by atoms with Gasteiger partial charge in [-0.25, -0.2) is 0 Å². The molecule has 0 unspecified atom stereocenters. The number of carbonyl (C=O) groups excluding carboxylic acids is 1. The van der Waals surface area contributed by atoms with E-state index in [1.54, 1.807) is 12.1 Å². The highest BCUT2D eigenvalue weighted by Crippen LogP contribution is 2.20. The maximum Gasteiger partial charge on any atom is 0.255 e. The van der Waals surface area contributed by atoms with E-state index in [2.05, 4.69) is 27.9 Å². The molecule has 2 N–H and O–H groups in total. The molecule has 1 saturated heterocycles. The Bertz CT molecular complexity index is 482. The molecule has 0 aliphatic carbocycles. The van der Waals surface area contributed by atoms with Gasteiger partial charge in [-0.3, -0.25) is 9.00 Å². The first-order valence-electron chi connectivity index (χ1n) is 5.70. The standard InChI is InChI=1S/C12H14INO3S/c13-8-1-2-11(15)10(7-8)12(16)14-9-3-5-18(17)6-4-9/h1-2,7,9,15H,3-6H2,(H,14,16). The average Bonchev–Trinajstić information content (AvgIpc) is 2.35. The van der Waals surface area contributed by atoms with Gasteiger partial charge in [0.25, 0.3) is 5.91 Å². The molecular weight excluding hydrogens is 365 g/mol. The van der Waals surface area contributed by atoms with E-state index < -0.39 is 10.8 Å². The number of benzene rings is 1. The molecule has 6 heteroatoms. The van der Waals surface area contributed by atoms with E-state index in [1.165, 1.54) is 6.07 Å². The van der Waals surface area contributed by atoms with Crippen LogP contribution in [0.3, 0.4) is 0 Å². The summed E-state index contributed by atoms with van der Waals surface area (Å²) in [6.07, 6.45) is 1.48. The largest absolute Gasteiger partial charge is 0.507 e. The molecule has 4 nitrogen and oxygen atoms in total. The summed E-state index contributed by atoms with van der Waals surface area (Å²) >= 11 is 2.10. The summed E-state index contributed by atoms with van der Waals surface area (Å²) in [5.41, 5.74) is 0.300. The van der Waals surface area contributed by atoms with Crippen molar-refractivity contribution in [3.05, 3.63) is 27.3 Å². The van der Waals surface area contributed by atoms with Crippen LogP contribution in [0, 0.1) is 3.57 Å². The van der Waals surface area contributed by atoms with Crippen molar-refractivity contribution in [1.82, 2.24) is 5.32 Å². The molecule has 1 aliphatic rings. The Morgan fingerprint density at radius 1 is 1.39 bits per heavy atom. The van der Waals surface area contributed by atoms with E-state index in [4.69, 9.17) is 0 Å². The Hall–Kier alpha value is -0.630. The van der Waals surface area contributed by atoms with Crippen LogP contribution in [0.15, 0.2) is 18.2 Å². The fourth-order valence-electron chi connectivity index (χ4n) is 1.89. The van der Waals surface area contributed by atoms with Gasteiger partial charge in [-0.15, -0.1) is 0 Å². The number of halogens is 1. The van der Waals surface area contributed by atoms with Crippen LogP contribution >= 0.6 is 22.6 Å². The summed E-state index contributed by atoms with van der Waals surface area (Å²) in [6.45, 7) is 0. The number of carbonyl (C=O) groups is 1. The Labute approximate surface area is 122 Å². The monoisotopic (exact) mass is 379 g/mol. The van der Waals surface area contributed by atoms with Crippen LogP contribution in [-0.4, -0.2) is 32.8 Å². The molecule has 18 heavy (non-hydrogen) atoms. The molecule has 0 aromatic heterocycles. The quantitative estimate of drug-likeness (QED) is 0.768. The predicted molar refractivity (Wildman–Crippen MR) is 79.2 cm³/mol. The third kappa shape index (κ3) is 3.44. The first kappa shape index (κ1) is 13.8. The topological polar surface area (TPSA) is 66.4 Å². The zero-order chi connectivity index (χ0) is 13.1. The summed E-state index contributed by atoms with van der Waals surface area (Å²) in [5, 5.41) is 12.6. The van der Waals surface area contributed by atoms with Gasteiger partial charge in [0.05, 0.1) is 5.56 Å². The molecule has 0 spiro atoms. The van der Waals surface area contributed by atoms with Gasteiger partial charge in [0.1, 0.15) is 5.75 Å². The highest BCUT2D eigenvalue weighted by Gasteiger charge is 2.21. The second-order valence-electron chi connectivity index (χ2n) is 4.26. The van der Waals surface area contributed by atoms with Gasteiger partial charge in [-0.05, 0) is 53.6 Å². The van der Waals surface area contributed by atoms with Crippen LogP contribution in [-0.2, 0) is 10.8 Å². The average molecular weight is 379 g/mol. The number of phenols is 1. The molecule has 0 radical (unpaired) electrons. The smallest absolute Gasteiger partial charge is 0.255 e. The number of nitrogens with one attached hydrogen (secondary N) is 1. The van der Waals surface area contributed by atoms with E-state index in [1.807, 2.05) is 0 Å². The van der Waals surface area contributed by atoms with Crippen LogP contribution in [0.25, 0.3) is 0 Å². The number of aromatic hydroxyl groups is 1. The van der Waals surface area contributed by atoms with Crippen molar-refractivity contribution in [1.29, 1.82) is 0 Å². The van der Waals surface area contributed by atoms with E-state index in [0.717, 1.165) is 16.4 Å². The van der Waals surface area contributed by atoms with Gasteiger partial charge < -0.3 is 10.4 Å². The minimum atomic E-state index is -0.730. The van der Waals surface area contributed by atoms with Gasteiger partial charge in [0.2, 0.25) is 0 Å². The van der Waals surface area contributed by atoms with Crippen molar-refractivity contribution in [3.8, 4) is 5.75 Å². The predicted octanol–water partition coefficient (Wildman–Crippen LogP) is 1.64. The summed E-state index contributed by atoms with van der Waals surface area (Å²) < 4.78 is 12.1. The lowest BCUT2D eigenvalue weighted by Crippen LogP contribution is -2.39. The van der Waals surface area contributed by atoms with Gasteiger partial charge in [-0.2, -0.15) is 0 Å². The molecule has 1 aromatic rings. The minimum Gasteiger partial charge on any atom is -0.507 e.